The molecule has 0 unspecified atom stereocenters. The van der Waals surface area contributed by atoms with Crippen molar-refractivity contribution in [1.82, 2.24) is 15.1 Å². The second-order valence-electron chi connectivity index (χ2n) is 4.95. The Bertz CT molecular complexity index is 200. The maximum absolute atomic E-state index is 9.41. The van der Waals surface area contributed by atoms with E-state index in [1.807, 2.05) is 0 Å². The molecule has 0 aromatic rings. The van der Waals surface area contributed by atoms with Gasteiger partial charge < -0.3 is 20.2 Å². The molecule has 15 heavy (non-hydrogen) atoms. The highest BCUT2D eigenvalue weighted by atomic mass is 16.3. The largest absolute Gasteiger partial charge is 0.392 e. The first-order valence-corrected chi connectivity index (χ1v) is 6.06. The van der Waals surface area contributed by atoms with Gasteiger partial charge in [-0.2, -0.15) is 0 Å². The lowest BCUT2D eigenvalue weighted by atomic mass is 10.1. The Kier molecular flexibility index (Phi) is 3.97. The summed E-state index contributed by atoms with van der Waals surface area (Å²) in [6, 6.07) is 0.640. The van der Waals surface area contributed by atoms with Gasteiger partial charge in [-0.05, 0) is 26.4 Å². The van der Waals surface area contributed by atoms with Crippen LogP contribution in [0, 0.1) is 0 Å². The summed E-state index contributed by atoms with van der Waals surface area (Å²) in [4.78, 5) is 4.76. The predicted molar refractivity (Wildman–Crippen MR) is 61.0 cm³/mol. The number of aliphatic hydroxyl groups is 1. The van der Waals surface area contributed by atoms with Crippen LogP contribution in [0.1, 0.15) is 12.8 Å². The van der Waals surface area contributed by atoms with Crippen LogP contribution in [0.15, 0.2) is 0 Å². The molecular formula is C11H23N3O. The summed E-state index contributed by atoms with van der Waals surface area (Å²) >= 11 is 0. The minimum atomic E-state index is -0.0769. The molecule has 2 heterocycles. The summed E-state index contributed by atoms with van der Waals surface area (Å²) in [5, 5.41) is 13.0. The number of likely N-dealkylation sites (N-methyl/N-ethyl adjacent to an activating group) is 1. The number of likely N-dealkylation sites (tertiary alicyclic amines) is 1. The van der Waals surface area contributed by atoms with E-state index in [0.717, 1.165) is 39.1 Å². The Labute approximate surface area is 92.2 Å². The van der Waals surface area contributed by atoms with E-state index >= 15 is 0 Å². The number of nitrogens with zero attached hydrogens (tertiary/aromatic N) is 2. The molecule has 4 nitrogen and oxygen atoms in total. The van der Waals surface area contributed by atoms with E-state index < -0.39 is 0 Å². The van der Waals surface area contributed by atoms with E-state index in [1.165, 1.54) is 13.0 Å². The maximum Gasteiger partial charge on any atom is 0.0679 e. The fourth-order valence-corrected chi connectivity index (χ4v) is 2.54. The van der Waals surface area contributed by atoms with Crippen LogP contribution in [-0.4, -0.2) is 73.4 Å². The van der Waals surface area contributed by atoms with Gasteiger partial charge in [-0.25, -0.2) is 0 Å². The number of hydrogen-bond acceptors (Lipinski definition) is 4. The first kappa shape index (κ1) is 11.3. The molecule has 2 aliphatic heterocycles. The standard InChI is InChI=1S/C11H23N3O/c1-13-7-4-12-10(8-13)2-5-14-6-3-11(15)9-14/h10-12,15H,2-9H2,1H3/t10-,11+/m0/s1. The van der Waals surface area contributed by atoms with Crippen molar-refractivity contribution in [1.29, 1.82) is 0 Å². The summed E-state index contributed by atoms with van der Waals surface area (Å²) in [7, 11) is 2.19. The number of rotatable bonds is 3. The second-order valence-corrected chi connectivity index (χ2v) is 4.95. The van der Waals surface area contributed by atoms with Crippen LogP contribution in [0.4, 0.5) is 0 Å². The fourth-order valence-electron chi connectivity index (χ4n) is 2.54. The van der Waals surface area contributed by atoms with Crippen molar-refractivity contribution in [3.05, 3.63) is 0 Å². The molecule has 2 rings (SSSR count). The molecule has 0 radical (unpaired) electrons. The Morgan fingerprint density at radius 1 is 1.33 bits per heavy atom. The van der Waals surface area contributed by atoms with Crippen LogP contribution in [0.5, 0.6) is 0 Å². The third kappa shape index (κ3) is 3.41. The van der Waals surface area contributed by atoms with Gasteiger partial charge in [-0.1, -0.05) is 0 Å². The van der Waals surface area contributed by atoms with Crippen molar-refractivity contribution in [2.24, 2.45) is 0 Å². The Morgan fingerprint density at radius 2 is 2.20 bits per heavy atom. The summed E-state index contributed by atoms with van der Waals surface area (Å²) in [6.07, 6.45) is 2.08. The zero-order valence-corrected chi connectivity index (χ0v) is 9.65. The van der Waals surface area contributed by atoms with Crippen LogP contribution < -0.4 is 5.32 Å². The highest BCUT2D eigenvalue weighted by Gasteiger charge is 2.22. The van der Waals surface area contributed by atoms with E-state index in [9.17, 15) is 5.11 Å². The number of nitrogens with one attached hydrogen (secondary N) is 1. The molecule has 0 aliphatic carbocycles. The van der Waals surface area contributed by atoms with Crippen molar-refractivity contribution in [3.63, 3.8) is 0 Å². The van der Waals surface area contributed by atoms with Gasteiger partial charge in [0.1, 0.15) is 0 Å². The van der Waals surface area contributed by atoms with Gasteiger partial charge in [-0.15, -0.1) is 0 Å². The van der Waals surface area contributed by atoms with E-state index in [0.29, 0.717) is 6.04 Å². The van der Waals surface area contributed by atoms with Crippen molar-refractivity contribution >= 4 is 0 Å². The lowest BCUT2D eigenvalue weighted by Gasteiger charge is -2.31. The molecule has 4 heteroatoms. The molecule has 0 spiro atoms. The first-order chi connectivity index (χ1) is 7.24. The quantitative estimate of drug-likeness (QED) is 0.653. The van der Waals surface area contributed by atoms with Crippen molar-refractivity contribution < 1.29 is 5.11 Å². The lowest BCUT2D eigenvalue weighted by Crippen LogP contribution is -2.50. The third-order valence-electron chi connectivity index (χ3n) is 3.50. The van der Waals surface area contributed by atoms with Gasteiger partial charge in [-0.3, -0.25) is 0 Å². The summed E-state index contributed by atoms with van der Waals surface area (Å²) < 4.78 is 0. The minimum absolute atomic E-state index is 0.0769. The molecule has 0 aromatic carbocycles. The Balaban J connectivity index is 1.64. The molecule has 0 aromatic heterocycles. The van der Waals surface area contributed by atoms with Crippen molar-refractivity contribution in [3.8, 4) is 0 Å². The highest BCUT2D eigenvalue weighted by Crippen LogP contribution is 2.10. The van der Waals surface area contributed by atoms with Crippen LogP contribution in [0.2, 0.25) is 0 Å². The number of aliphatic hydroxyl groups excluding tert-OH is 1. The van der Waals surface area contributed by atoms with Crippen LogP contribution in [0.25, 0.3) is 0 Å². The number of piperazine rings is 1. The van der Waals surface area contributed by atoms with Crippen molar-refractivity contribution in [2.45, 2.75) is 25.0 Å². The molecule has 2 atom stereocenters. The molecule has 0 saturated carbocycles. The van der Waals surface area contributed by atoms with E-state index in [4.69, 9.17) is 0 Å². The lowest BCUT2D eigenvalue weighted by molar-refractivity contribution is 0.170. The highest BCUT2D eigenvalue weighted by molar-refractivity contribution is 4.80. The fraction of sp³-hybridized carbons (Fsp3) is 1.00. The van der Waals surface area contributed by atoms with Gasteiger partial charge in [0, 0.05) is 38.8 Å². The zero-order valence-electron chi connectivity index (χ0n) is 9.65. The normalized spacial score (nSPS) is 34.8. The van der Waals surface area contributed by atoms with Gasteiger partial charge in [0.25, 0.3) is 0 Å². The van der Waals surface area contributed by atoms with Gasteiger partial charge >= 0.3 is 0 Å². The van der Waals surface area contributed by atoms with Crippen LogP contribution in [-0.2, 0) is 0 Å². The Hall–Kier alpha value is -0.160. The van der Waals surface area contributed by atoms with Crippen LogP contribution in [0.3, 0.4) is 0 Å². The monoisotopic (exact) mass is 213 g/mol. The first-order valence-electron chi connectivity index (χ1n) is 6.06. The smallest absolute Gasteiger partial charge is 0.0679 e. The summed E-state index contributed by atoms with van der Waals surface area (Å²) in [5.41, 5.74) is 0. The van der Waals surface area contributed by atoms with Gasteiger partial charge in [0.2, 0.25) is 0 Å². The molecule has 0 amide bonds. The maximum atomic E-state index is 9.41. The van der Waals surface area contributed by atoms with Crippen molar-refractivity contribution in [2.75, 3.05) is 46.3 Å². The Morgan fingerprint density at radius 3 is 2.87 bits per heavy atom. The molecule has 0 bridgehead atoms. The average Bonchev–Trinajstić information content (AvgIpc) is 2.62. The third-order valence-corrected chi connectivity index (χ3v) is 3.50. The second kappa shape index (κ2) is 5.25. The van der Waals surface area contributed by atoms with E-state index in [-0.39, 0.29) is 6.10 Å². The topological polar surface area (TPSA) is 38.7 Å². The summed E-state index contributed by atoms with van der Waals surface area (Å²) in [6.45, 7) is 6.52. The number of β-amino-alcohol motifs (C(OH)–C–C–N with tert-alkyl or cyclic N) is 1. The minimum Gasteiger partial charge on any atom is -0.392 e. The molecule has 2 saturated heterocycles. The average molecular weight is 213 g/mol. The zero-order chi connectivity index (χ0) is 10.7. The molecular weight excluding hydrogens is 190 g/mol. The van der Waals surface area contributed by atoms with Crippen LogP contribution >= 0.6 is 0 Å². The van der Waals surface area contributed by atoms with E-state index in [2.05, 4.69) is 22.2 Å². The van der Waals surface area contributed by atoms with E-state index in [1.54, 1.807) is 0 Å². The van der Waals surface area contributed by atoms with Gasteiger partial charge in [0.15, 0.2) is 0 Å². The predicted octanol–water partition coefficient (Wildman–Crippen LogP) is -0.653. The molecule has 2 aliphatic rings. The van der Waals surface area contributed by atoms with Gasteiger partial charge in [0.05, 0.1) is 6.10 Å². The number of hydrogen-bond donors (Lipinski definition) is 2. The molecule has 88 valence electrons. The SMILES string of the molecule is CN1CCN[C@@H](CCN2CC[C@@H](O)C2)C1. The summed E-state index contributed by atoms with van der Waals surface area (Å²) in [5.74, 6) is 0. The molecule has 2 fully saturated rings. The molecule has 2 N–H and O–H groups in total.